The lowest BCUT2D eigenvalue weighted by Gasteiger charge is -2.30. The predicted octanol–water partition coefficient (Wildman–Crippen LogP) is 2.11. The first-order valence-corrected chi connectivity index (χ1v) is 7.31. The Balaban J connectivity index is 2.12. The molecular weight excluding hydrogens is 212 g/mol. The van der Waals surface area contributed by atoms with Crippen molar-refractivity contribution in [3.05, 3.63) is 0 Å². The molecule has 2 atom stereocenters. The predicted molar refractivity (Wildman–Crippen MR) is 73.1 cm³/mol. The monoisotopic (exact) mass is 242 g/mol. The van der Waals surface area contributed by atoms with Crippen molar-refractivity contribution in [3.63, 3.8) is 0 Å². The van der Waals surface area contributed by atoms with E-state index in [0.29, 0.717) is 11.8 Å². The van der Waals surface area contributed by atoms with Gasteiger partial charge in [-0.3, -0.25) is 0 Å². The van der Waals surface area contributed by atoms with E-state index >= 15 is 0 Å². The molecule has 0 amide bonds. The van der Waals surface area contributed by atoms with E-state index in [1.165, 1.54) is 25.7 Å². The zero-order valence-electron chi connectivity index (χ0n) is 11.7. The Morgan fingerprint density at radius 2 is 1.76 bits per heavy atom. The zero-order valence-corrected chi connectivity index (χ0v) is 11.7. The van der Waals surface area contributed by atoms with Gasteiger partial charge in [0.2, 0.25) is 0 Å². The minimum atomic E-state index is 0.706. The second kappa shape index (κ2) is 8.90. The zero-order chi connectivity index (χ0) is 12.5. The molecule has 2 unspecified atom stereocenters. The van der Waals surface area contributed by atoms with Crippen LogP contribution in [-0.2, 0) is 4.74 Å². The summed E-state index contributed by atoms with van der Waals surface area (Å²) in [5.74, 6) is 1.42. The first-order valence-electron chi connectivity index (χ1n) is 7.31. The lowest BCUT2D eigenvalue weighted by Crippen LogP contribution is -2.32. The molecule has 3 nitrogen and oxygen atoms in total. The molecule has 0 aromatic rings. The van der Waals surface area contributed by atoms with Gasteiger partial charge in [0.25, 0.3) is 0 Å². The second-order valence-electron chi connectivity index (χ2n) is 5.14. The molecule has 0 aromatic carbocycles. The molecule has 1 fully saturated rings. The van der Waals surface area contributed by atoms with Gasteiger partial charge in [-0.1, -0.05) is 26.7 Å². The molecule has 2 N–H and O–H groups in total. The number of hydrogen-bond donors (Lipinski definition) is 1. The van der Waals surface area contributed by atoms with E-state index in [4.69, 9.17) is 10.5 Å². The van der Waals surface area contributed by atoms with Crippen LogP contribution in [0.5, 0.6) is 0 Å². The Bertz CT molecular complexity index is 183. The van der Waals surface area contributed by atoms with Crippen molar-refractivity contribution in [2.24, 2.45) is 17.6 Å². The summed E-state index contributed by atoms with van der Waals surface area (Å²) >= 11 is 0. The van der Waals surface area contributed by atoms with Crippen molar-refractivity contribution in [1.82, 2.24) is 4.90 Å². The van der Waals surface area contributed by atoms with Crippen molar-refractivity contribution >= 4 is 0 Å². The molecule has 0 heterocycles. The molecule has 1 saturated carbocycles. The van der Waals surface area contributed by atoms with E-state index in [-0.39, 0.29) is 0 Å². The Hall–Kier alpha value is -0.120. The van der Waals surface area contributed by atoms with E-state index in [2.05, 4.69) is 18.7 Å². The fourth-order valence-corrected chi connectivity index (χ4v) is 2.78. The summed E-state index contributed by atoms with van der Waals surface area (Å²) in [4.78, 5) is 2.40. The number of ether oxygens (including phenoxy) is 1. The van der Waals surface area contributed by atoms with Crippen LogP contribution < -0.4 is 5.73 Å². The van der Waals surface area contributed by atoms with Crippen molar-refractivity contribution in [1.29, 1.82) is 0 Å². The van der Waals surface area contributed by atoms with Gasteiger partial charge in [-0.2, -0.15) is 0 Å². The highest BCUT2D eigenvalue weighted by Gasteiger charge is 2.23. The summed E-state index contributed by atoms with van der Waals surface area (Å²) in [5, 5.41) is 0. The van der Waals surface area contributed by atoms with Crippen molar-refractivity contribution in [2.75, 3.05) is 39.4 Å². The third-order valence-corrected chi connectivity index (χ3v) is 4.15. The van der Waals surface area contributed by atoms with E-state index in [1.807, 2.05) is 0 Å². The normalized spacial score (nSPS) is 25.4. The maximum atomic E-state index is 5.84. The van der Waals surface area contributed by atoms with Gasteiger partial charge in [0.05, 0.1) is 6.61 Å². The maximum Gasteiger partial charge on any atom is 0.0593 e. The van der Waals surface area contributed by atoms with Crippen LogP contribution in [0.25, 0.3) is 0 Å². The van der Waals surface area contributed by atoms with Crippen molar-refractivity contribution in [2.45, 2.75) is 39.5 Å². The van der Waals surface area contributed by atoms with Crippen LogP contribution in [0.1, 0.15) is 39.5 Å². The largest absolute Gasteiger partial charge is 0.380 e. The summed E-state index contributed by atoms with van der Waals surface area (Å²) < 4.78 is 5.84. The number of rotatable bonds is 8. The quantitative estimate of drug-likeness (QED) is 0.663. The molecule has 17 heavy (non-hydrogen) atoms. The lowest BCUT2D eigenvalue weighted by molar-refractivity contribution is 0.0489. The third-order valence-electron chi connectivity index (χ3n) is 4.15. The molecular formula is C14H30N2O. The summed E-state index contributed by atoms with van der Waals surface area (Å²) in [7, 11) is 0. The summed E-state index contributed by atoms with van der Waals surface area (Å²) in [6.45, 7) is 10.3. The Morgan fingerprint density at radius 3 is 2.35 bits per heavy atom. The van der Waals surface area contributed by atoms with Crippen LogP contribution in [0.2, 0.25) is 0 Å². The second-order valence-corrected chi connectivity index (χ2v) is 5.14. The highest BCUT2D eigenvalue weighted by molar-refractivity contribution is 4.75. The van der Waals surface area contributed by atoms with Gasteiger partial charge in [0.1, 0.15) is 0 Å². The van der Waals surface area contributed by atoms with E-state index < -0.39 is 0 Å². The summed E-state index contributed by atoms with van der Waals surface area (Å²) in [6, 6.07) is 0. The highest BCUT2D eigenvalue weighted by Crippen LogP contribution is 2.29. The van der Waals surface area contributed by atoms with Gasteiger partial charge in [-0.05, 0) is 44.3 Å². The number of likely N-dealkylation sites (N-methyl/N-ethyl adjacent to an activating group) is 1. The molecule has 0 spiro atoms. The van der Waals surface area contributed by atoms with E-state index in [9.17, 15) is 0 Å². The van der Waals surface area contributed by atoms with Crippen LogP contribution in [0.4, 0.5) is 0 Å². The Kier molecular flexibility index (Phi) is 7.82. The van der Waals surface area contributed by atoms with Gasteiger partial charge in [-0.25, -0.2) is 0 Å². The SMILES string of the molecule is CCN(CC)CCOCC1CCCCC1CN. The van der Waals surface area contributed by atoms with Gasteiger partial charge in [0.15, 0.2) is 0 Å². The fourth-order valence-electron chi connectivity index (χ4n) is 2.78. The van der Waals surface area contributed by atoms with Crippen molar-refractivity contribution < 1.29 is 4.74 Å². The average Bonchev–Trinajstić information content (AvgIpc) is 2.39. The number of hydrogen-bond acceptors (Lipinski definition) is 3. The third kappa shape index (κ3) is 5.36. The standard InChI is InChI=1S/C14H30N2O/c1-3-16(4-2)9-10-17-12-14-8-6-5-7-13(14)11-15/h13-14H,3-12,15H2,1-2H3. The van der Waals surface area contributed by atoms with E-state index in [0.717, 1.165) is 39.4 Å². The molecule has 3 heteroatoms. The summed E-state index contributed by atoms with van der Waals surface area (Å²) in [6.07, 6.45) is 5.34. The Labute approximate surface area is 107 Å². The van der Waals surface area contributed by atoms with E-state index in [1.54, 1.807) is 0 Å². The lowest BCUT2D eigenvalue weighted by atomic mass is 9.80. The van der Waals surface area contributed by atoms with Gasteiger partial charge >= 0.3 is 0 Å². The van der Waals surface area contributed by atoms with Crippen molar-refractivity contribution in [3.8, 4) is 0 Å². The molecule has 1 rings (SSSR count). The van der Waals surface area contributed by atoms with Crippen LogP contribution >= 0.6 is 0 Å². The van der Waals surface area contributed by atoms with Gasteiger partial charge in [0, 0.05) is 13.2 Å². The molecule has 1 aliphatic carbocycles. The fraction of sp³-hybridized carbons (Fsp3) is 1.00. The molecule has 0 bridgehead atoms. The smallest absolute Gasteiger partial charge is 0.0593 e. The number of nitrogens with zero attached hydrogens (tertiary/aromatic N) is 1. The molecule has 102 valence electrons. The average molecular weight is 242 g/mol. The Morgan fingerprint density at radius 1 is 1.12 bits per heavy atom. The van der Waals surface area contributed by atoms with Crippen LogP contribution in [0.3, 0.4) is 0 Å². The molecule has 0 radical (unpaired) electrons. The van der Waals surface area contributed by atoms with Gasteiger partial charge in [-0.15, -0.1) is 0 Å². The molecule has 0 aromatic heterocycles. The van der Waals surface area contributed by atoms with Crippen LogP contribution in [0, 0.1) is 11.8 Å². The van der Waals surface area contributed by atoms with Gasteiger partial charge < -0.3 is 15.4 Å². The first kappa shape index (κ1) is 14.9. The minimum absolute atomic E-state index is 0.706. The van der Waals surface area contributed by atoms with Crippen LogP contribution in [0.15, 0.2) is 0 Å². The molecule has 0 saturated heterocycles. The minimum Gasteiger partial charge on any atom is -0.380 e. The maximum absolute atomic E-state index is 5.84. The topological polar surface area (TPSA) is 38.5 Å². The highest BCUT2D eigenvalue weighted by atomic mass is 16.5. The molecule has 1 aliphatic rings. The first-order chi connectivity index (χ1) is 8.31. The molecule has 0 aliphatic heterocycles. The summed E-state index contributed by atoms with van der Waals surface area (Å²) in [5.41, 5.74) is 5.83. The number of nitrogens with two attached hydrogens (primary N) is 1. The van der Waals surface area contributed by atoms with Crippen LogP contribution in [-0.4, -0.2) is 44.3 Å².